The van der Waals surface area contributed by atoms with Gasteiger partial charge in [0.15, 0.2) is 5.82 Å². The van der Waals surface area contributed by atoms with Crippen molar-refractivity contribution in [3.05, 3.63) is 33.9 Å². The summed E-state index contributed by atoms with van der Waals surface area (Å²) in [6.45, 7) is 1.68. The van der Waals surface area contributed by atoms with Gasteiger partial charge in [-0.2, -0.15) is 12.6 Å². The predicted molar refractivity (Wildman–Crippen MR) is 64.3 cm³/mol. The van der Waals surface area contributed by atoms with Crippen LogP contribution in [0.2, 0.25) is 0 Å². The third kappa shape index (κ3) is 2.35. The average Bonchev–Trinajstić information content (AvgIpc) is 2.86. The van der Waals surface area contributed by atoms with Gasteiger partial charge in [0, 0.05) is 13.3 Å². The number of imidazole rings is 1. The molecule has 0 saturated carbocycles. The summed E-state index contributed by atoms with van der Waals surface area (Å²) >= 11 is 4.33. The Balaban J connectivity index is 2.17. The summed E-state index contributed by atoms with van der Waals surface area (Å²) in [5.41, 5.74) is 0. The van der Waals surface area contributed by atoms with Crippen LogP contribution in [0.15, 0.2) is 10.6 Å². The van der Waals surface area contributed by atoms with Gasteiger partial charge < -0.3 is 14.5 Å². The van der Waals surface area contributed by atoms with E-state index in [1.165, 1.54) is 10.8 Å². The van der Waals surface area contributed by atoms with Crippen molar-refractivity contribution in [2.24, 2.45) is 7.05 Å². The largest absolute Gasteiger partial charge is 0.424 e. The van der Waals surface area contributed by atoms with Gasteiger partial charge in [-0.05, 0) is 4.92 Å². The van der Waals surface area contributed by atoms with Crippen molar-refractivity contribution < 1.29 is 9.34 Å². The molecule has 0 aliphatic carbocycles. The first-order chi connectivity index (χ1) is 8.49. The molecule has 0 radical (unpaired) electrons. The van der Waals surface area contributed by atoms with Crippen molar-refractivity contribution in [2.45, 2.75) is 18.6 Å². The molecular weight excluding hydrogens is 258 g/mol. The number of nitro groups is 1. The van der Waals surface area contributed by atoms with E-state index in [-0.39, 0.29) is 11.1 Å². The third-order valence-corrected chi connectivity index (χ3v) is 2.85. The van der Waals surface area contributed by atoms with Crippen molar-refractivity contribution in [1.82, 2.24) is 19.7 Å². The van der Waals surface area contributed by atoms with Gasteiger partial charge in [0.1, 0.15) is 6.20 Å². The van der Waals surface area contributed by atoms with Crippen LogP contribution in [0.3, 0.4) is 0 Å². The van der Waals surface area contributed by atoms with Crippen LogP contribution in [0.1, 0.15) is 22.9 Å². The highest BCUT2D eigenvalue weighted by atomic mass is 32.1. The lowest BCUT2D eigenvalue weighted by Gasteiger charge is -2.03. The van der Waals surface area contributed by atoms with E-state index in [0.29, 0.717) is 24.0 Å². The van der Waals surface area contributed by atoms with Gasteiger partial charge in [0.25, 0.3) is 0 Å². The Bertz CT molecular complexity index is 579. The highest BCUT2D eigenvalue weighted by Gasteiger charge is 2.22. The molecule has 9 heteroatoms. The van der Waals surface area contributed by atoms with E-state index in [4.69, 9.17) is 4.42 Å². The van der Waals surface area contributed by atoms with E-state index in [1.54, 1.807) is 14.0 Å². The Morgan fingerprint density at radius 2 is 2.33 bits per heavy atom. The Morgan fingerprint density at radius 1 is 1.61 bits per heavy atom. The van der Waals surface area contributed by atoms with Crippen LogP contribution >= 0.6 is 12.6 Å². The minimum Gasteiger partial charge on any atom is -0.424 e. The molecule has 0 amide bonds. The van der Waals surface area contributed by atoms with E-state index < -0.39 is 4.92 Å². The molecule has 0 bridgehead atoms. The molecule has 1 unspecified atom stereocenters. The second-order valence-electron chi connectivity index (χ2n) is 3.73. The fourth-order valence-corrected chi connectivity index (χ4v) is 1.77. The SMILES string of the molecule is Cc1nnc(C(S)Cc2ncc([N+](=O)[O-])n2C)o1. The van der Waals surface area contributed by atoms with Gasteiger partial charge in [-0.1, -0.05) is 0 Å². The van der Waals surface area contributed by atoms with Crippen LogP contribution in [-0.2, 0) is 13.5 Å². The zero-order chi connectivity index (χ0) is 13.3. The first-order valence-corrected chi connectivity index (χ1v) is 5.63. The van der Waals surface area contributed by atoms with E-state index >= 15 is 0 Å². The number of hydrogen-bond acceptors (Lipinski definition) is 7. The molecule has 0 spiro atoms. The zero-order valence-electron chi connectivity index (χ0n) is 9.77. The molecule has 1 atom stereocenters. The molecule has 2 aromatic heterocycles. The third-order valence-electron chi connectivity index (χ3n) is 2.45. The standard InChI is InChI=1S/C9H11N5O3S/c1-5-11-12-9(17-5)6(18)3-7-10-4-8(13(7)2)14(15)16/h4,6,18H,3H2,1-2H3. The minimum atomic E-state index is -0.485. The van der Waals surface area contributed by atoms with Gasteiger partial charge in [-0.3, -0.25) is 0 Å². The summed E-state index contributed by atoms with van der Waals surface area (Å²) in [5, 5.41) is 17.9. The van der Waals surface area contributed by atoms with E-state index in [0.717, 1.165) is 0 Å². The summed E-state index contributed by atoms with van der Waals surface area (Å²) < 4.78 is 6.65. The van der Waals surface area contributed by atoms with E-state index in [1.807, 2.05) is 0 Å². The molecule has 2 rings (SSSR count). The molecule has 0 aliphatic heterocycles. The Morgan fingerprint density at radius 3 is 2.83 bits per heavy atom. The Labute approximate surface area is 108 Å². The van der Waals surface area contributed by atoms with Crippen molar-refractivity contribution in [1.29, 1.82) is 0 Å². The Kier molecular flexibility index (Phi) is 3.32. The lowest BCUT2D eigenvalue weighted by molar-refractivity contribution is -0.391. The first-order valence-electron chi connectivity index (χ1n) is 5.12. The van der Waals surface area contributed by atoms with Crippen molar-refractivity contribution in [2.75, 3.05) is 0 Å². The Hall–Kier alpha value is -1.90. The topological polar surface area (TPSA) is 99.9 Å². The summed E-state index contributed by atoms with van der Waals surface area (Å²) in [4.78, 5) is 14.2. The minimum absolute atomic E-state index is 0.0627. The van der Waals surface area contributed by atoms with Gasteiger partial charge in [-0.15, -0.1) is 10.2 Å². The molecular formula is C9H11N5O3S. The molecule has 2 aromatic rings. The monoisotopic (exact) mass is 269 g/mol. The number of aryl methyl sites for hydroxylation is 1. The smallest absolute Gasteiger partial charge is 0.342 e. The molecule has 18 heavy (non-hydrogen) atoms. The van der Waals surface area contributed by atoms with Crippen LogP contribution in [0, 0.1) is 17.0 Å². The lowest BCUT2D eigenvalue weighted by Crippen LogP contribution is -2.05. The summed E-state index contributed by atoms with van der Waals surface area (Å²) in [6, 6.07) is 0. The van der Waals surface area contributed by atoms with Gasteiger partial charge in [-0.25, -0.2) is 9.55 Å². The molecule has 2 heterocycles. The quantitative estimate of drug-likeness (QED) is 0.509. The molecule has 96 valence electrons. The van der Waals surface area contributed by atoms with E-state index in [9.17, 15) is 10.1 Å². The second kappa shape index (κ2) is 4.77. The second-order valence-corrected chi connectivity index (χ2v) is 4.35. The normalized spacial score (nSPS) is 12.6. The molecule has 0 aliphatic rings. The molecule has 8 nitrogen and oxygen atoms in total. The lowest BCUT2D eigenvalue weighted by atomic mass is 10.3. The maximum Gasteiger partial charge on any atom is 0.342 e. The van der Waals surface area contributed by atoms with Crippen molar-refractivity contribution in [3.63, 3.8) is 0 Å². The van der Waals surface area contributed by atoms with Gasteiger partial charge >= 0.3 is 5.82 Å². The maximum absolute atomic E-state index is 10.7. The predicted octanol–water partition coefficient (Wildman–Crippen LogP) is 1.23. The summed E-state index contributed by atoms with van der Waals surface area (Å²) in [7, 11) is 1.58. The van der Waals surface area contributed by atoms with Crippen molar-refractivity contribution in [3.8, 4) is 0 Å². The maximum atomic E-state index is 10.7. The number of aromatic nitrogens is 4. The van der Waals surface area contributed by atoms with Gasteiger partial charge in [0.05, 0.1) is 12.3 Å². The fourth-order valence-electron chi connectivity index (χ4n) is 1.50. The summed E-state index contributed by atoms with van der Waals surface area (Å²) in [5.74, 6) is 1.31. The first kappa shape index (κ1) is 12.6. The highest BCUT2D eigenvalue weighted by Crippen LogP contribution is 2.24. The van der Waals surface area contributed by atoms with Crippen LogP contribution in [0.5, 0.6) is 0 Å². The number of nitrogens with zero attached hydrogens (tertiary/aromatic N) is 5. The molecule has 0 aromatic carbocycles. The molecule has 0 saturated heterocycles. The fraction of sp³-hybridized carbons (Fsp3) is 0.444. The number of hydrogen-bond donors (Lipinski definition) is 1. The highest BCUT2D eigenvalue weighted by molar-refractivity contribution is 7.80. The zero-order valence-corrected chi connectivity index (χ0v) is 10.7. The summed E-state index contributed by atoms with van der Waals surface area (Å²) in [6.07, 6.45) is 1.59. The van der Waals surface area contributed by atoms with Crippen molar-refractivity contribution >= 4 is 18.4 Å². The van der Waals surface area contributed by atoms with Crippen LogP contribution in [0.4, 0.5) is 5.82 Å². The number of rotatable bonds is 4. The molecule has 0 N–H and O–H groups in total. The van der Waals surface area contributed by atoms with Crippen LogP contribution in [0.25, 0.3) is 0 Å². The number of thiol groups is 1. The molecule has 0 fully saturated rings. The average molecular weight is 269 g/mol. The van der Waals surface area contributed by atoms with E-state index in [2.05, 4.69) is 27.8 Å². The van der Waals surface area contributed by atoms with Crippen LogP contribution in [-0.4, -0.2) is 24.7 Å². The van der Waals surface area contributed by atoms with Crippen LogP contribution < -0.4 is 0 Å². The van der Waals surface area contributed by atoms with Gasteiger partial charge in [0.2, 0.25) is 11.8 Å².